The maximum absolute atomic E-state index is 12.2. The first kappa shape index (κ1) is 17.2. The Hall–Kier alpha value is -2.64. The van der Waals surface area contributed by atoms with E-state index in [0.717, 1.165) is 24.5 Å². The van der Waals surface area contributed by atoms with Crippen LogP contribution < -0.4 is 10.2 Å². The van der Waals surface area contributed by atoms with Crippen LogP contribution in [0, 0.1) is 6.92 Å². The molecule has 3 rings (SSSR count). The van der Waals surface area contributed by atoms with Crippen molar-refractivity contribution in [2.45, 2.75) is 33.2 Å². The normalized spacial score (nSPS) is 15.4. The Balaban J connectivity index is 1.59. The molecule has 1 saturated heterocycles. The third-order valence-electron chi connectivity index (χ3n) is 3.91. The lowest BCUT2D eigenvalue weighted by Gasteiger charge is -2.36. The highest BCUT2D eigenvalue weighted by Gasteiger charge is 2.24. The van der Waals surface area contributed by atoms with Crippen molar-refractivity contribution in [3.05, 3.63) is 24.2 Å². The third-order valence-corrected chi connectivity index (χ3v) is 3.91. The molecule has 0 aliphatic carbocycles. The molecule has 2 amide bonds. The highest BCUT2D eigenvalue weighted by molar-refractivity contribution is 5.75. The predicted octanol–water partition coefficient (Wildman–Crippen LogP) is 2.07. The fraction of sp³-hybridized carbons (Fsp3) is 0.529. The number of aryl methyl sites for hydroxylation is 1. The van der Waals surface area contributed by atoms with Gasteiger partial charge in [-0.1, -0.05) is 5.16 Å². The van der Waals surface area contributed by atoms with Crippen molar-refractivity contribution in [3.63, 3.8) is 0 Å². The van der Waals surface area contributed by atoms with E-state index in [9.17, 15) is 4.79 Å². The molecule has 1 aliphatic heterocycles. The van der Waals surface area contributed by atoms with Crippen molar-refractivity contribution < 1.29 is 9.32 Å². The maximum Gasteiger partial charge on any atom is 0.317 e. The van der Waals surface area contributed by atoms with Crippen LogP contribution in [0.2, 0.25) is 0 Å². The summed E-state index contributed by atoms with van der Waals surface area (Å²) < 4.78 is 4.99. The zero-order valence-electron chi connectivity index (χ0n) is 15.1. The molecule has 0 atom stereocenters. The molecule has 1 aliphatic rings. The van der Waals surface area contributed by atoms with Crippen molar-refractivity contribution in [1.29, 1.82) is 0 Å². The number of hydrogen-bond donors (Lipinski definition) is 1. The van der Waals surface area contributed by atoms with Crippen LogP contribution in [0.4, 0.5) is 10.6 Å². The number of urea groups is 1. The number of nitrogens with one attached hydrogen (secondary N) is 1. The first-order valence-electron chi connectivity index (χ1n) is 8.40. The van der Waals surface area contributed by atoms with Crippen molar-refractivity contribution in [2.75, 3.05) is 31.1 Å². The summed E-state index contributed by atoms with van der Waals surface area (Å²) in [5, 5.41) is 6.90. The van der Waals surface area contributed by atoms with E-state index in [0.29, 0.717) is 24.8 Å². The van der Waals surface area contributed by atoms with Gasteiger partial charge in [0.25, 0.3) is 0 Å². The van der Waals surface area contributed by atoms with E-state index < -0.39 is 0 Å². The van der Waals surface area contributed by atoms with Crippen molar-refractivity contribution in [1.82, 2.24) is 25.3 Å². The number of carbonyl (C=O) groups excluding carboxylic acids is 1. The van der Waals surface area contributed by atoms with Gasteiger partial charge in [0.15, 0.2) is 0 Å². The zero-order valence-corrected chi connectivity index (χ0v) is 15.1. The number of pyridine rings is 1. The summed E-state index contributed by atoms with van der Waals surface area (Å²) in [5.74, 6) is 1.96. The summed E-state index contributed by atoms with van der Waals surface area (Å²) in [6.45, 7) is 10.6. The van der Waals surface area contributed by atoms with Gasteiger partial charge in [0.05, 0.1) is 0 Å². The molecule has 3 heterocycles. The average molecular weight is 344 g/mol. The highest BCUT2D eigenvalue weighted by atomic mass is 16.5. The van der Waals surface area contributed by atoms with E-state index in [1.807, 2.05) is 37.8 Å². The van der Waals surface area contributed by atoms with Gasteiger partial charge in [-0.2, -0.15) is 4.98 Å². The number of anilines is 1. The molecule has 0 spiro atoms. The van der Waals surface area contributed by atoms with Crippen LogP contribution in [0.3, 0.4) is 0 Å². The number of aromatic nitrogens is 3. The Morgan fingerprint density at radius 2 is 1.92 bits per heavy atom. The Kier molecular flexibility index (Phi) is 4.61. The number of carbonyl (C=O) groups is 1. The molecular weight excluding hydrogens is 320 g/mol. The van der Waals surface area contributed by atoms with Crippen LogP contribution in [0.5, 0.6) is 0 Å². The van der Waals surface area contributed by atoms with E-state index in [1.54, 1.807) is 13.1 Å². The molecule has 0 bridgehead atoms. The van der Waals surface area contributed by atoms with Gasteiger partial charge in [-0.15, -0.1) is 0 Å². The largest absolute Gasteiger partial charge is 0.353 e. The van der Waals surface area contributed by atoms with Crippen molar-refractivity contribution in [2.24, 2.45) is 0 Å². The fourth-order valence-corrected chi connectivity index (χ4v) is 2.66. The predicted molar refractivity (Wildman–Crippen MR) is 94.3 cm³/mol. The summed E-state index contributed by atoms with van der Waals surface area (Å²) >= 11 is 0. The molecule has 1 fully saturated rings. The smallest absolute Gasteiger partial charge is 0.317 e. The Morgan fingerprint density at radius 3 is 2.44 bits per heavy atom. The van der Waals surface area contributed by atoms with Crippen molar-refractivity contribution in [3.8, 4) is 11.4 Å². The monoisotopic (exact) mass is 344 g/mol. The molecule has 8 heteroatoms. The van der Waals surface area contributed by atoms with Gasteiger partial charge in [-0.05, 0) is 32.9 Å². The summed E-state index contributed by atoms with van der Waals surface area (Å²) in [6, 6.07) is 3.87. The van der Waals surface area contributed by atoms with Gasteiger partial charge in [0.1, 0.15) is 5.82 Å². The molecule has 134 valence electrons. The van der Waals surface area contributed by atoms with Crippen LogP contribution in [0.15, 0.2) is 22.9 Å². The first-order valence-corrected chi connectivity index (χ1v) is 8.40. The van der Waals surface area contributed by atoms with Crippen LogP contribution >= 0.6 is 0 Å². The fourth-order valence-electron chi connectivity index (χ4n) is 2.66. The number of amides is 2. The Bertz CT molecular complexity index is 726. The molecular formula is C17H24N6O2. The first-order chi connectivity index (χ1) is 11.8. The molecule has 2 aromatic heterocycles. The molecule has 0 saturated carbocycles. The molecule has 0 aromatic carbocycles. The summed E-state index contributed by atoms with van der Waals surface area (Å²) in [4.78, 5) is 24.9. The zero-order chi connectivity index (χ0) is 18.0. The van der Waals surface area contributed by atoms with Gasteiger partial charge in [-0.25, -0.2) is 9.78 Å². The van der Waals surface area contributed by atoms with Gasteiger partial charge in [0.2, 0.25) is 11.7 Å². The van der Waals surface area contributed by atoms with Gasteiger partial charge >= 0.3 is 6.03 Å². The summed E-state index contributed by atoms with van der Waals surface area (Å²) in [6.07, 6.45) is 1.75. The molecule has 8 nitrogen and oxygen atoms in total. The minimum Gasteiger partial charge on any atom is -0.353 e. The summed E-state index contributed by atoms with van der Waals surface area (Å²) in [5.41, 5.74) is 0.600. The molecule has 0 unspecified atom stereocenters. The van der Waals surface area contributed by atoms with Gasteiger partial charge in [-0.3, -0.25) is 0 Å². The number of rotatable bonds is 2. The third kappa shape index (κ3) is 4.26. The minimum absolute atomic E-state index is 0.0112. The highest BCUT2D eigenvalue weighted by Crippen LogP contribution is 2.19. The second-order valence-corrected chi connectivity index (χ2v) is 7.20. The minimum atomic E-state index is -0.223. The summed E-state index contributed by atoms with van der Waals surface area (Å²) in [7, 11) is 0. The van der Waals surface area contributed by atoms with Crippen LogP contribution in [0.1, 0.15) is 26.7 Å². The Labute approximate surface area is 147 Å². The van der Waals surface area contributed by atoms with E-state index in [-0.39, 0.29) is 11.6 Å². The lowest BCUT2D eigenvalue weighted by molar-refractivity contribution is 0.185. The average Bonchev–Trinajstić information content (AvgIpc) is 3.00. The van der Waals surface area contributed by atoms with Crippen LogP contribution in [-0.2, 0) is 0 Å². The van der Waals surface area contributed by atoms with E-state index >= 15 is 0 Å². The quantitative estimate of drug-likeness (QED) is 0.897. The molecule has 25 heavy (non-hydrogen) atoms. The van der Waals surface area contributed by atoms with E-state index in [1.165, 1.54) is 0 Å². The van der Waals surface area contributed by atoms with E-state index in [4.69, 9.17) is 4.52 Å². The molecule has 1 N–H and O–H groups in total. The van der Waals surface area contributed by atoms with Crippen molar-refractivity contribution >= 4 is 11.8 Å². The van der Waals surface area contributed by atoms with Gasteiger partial charge < -0.3 is 19.6 Å². The lowest BCUT2D eigenvalue weighted by atomic mass is 10.1. The Morgan fingerprint density at radius 1 is 1.20 bits per heavy atom. The maximum atomic E-state index is 12.2. The number of nitrogens with zero attached hydrogens (tertiary/aromatic N) is 5. The molecule has 0 radical (unpaired) electrons. The number of hydrogen-bond acceptors (Lipinski definition) is 6. The molecule has 2 aromatic rings. The number of piperazine rings is 1. The second-order valence-electron chi connectivity index (χ2n) is 7.20. The van der Waals surface area contributed by atoms with Crippen LogP contribution in [-0.4, -0.2) is 57.8 Å². The second kappa shape index (κ2) is 6.70. The van der Waals surface area contributed by atoms with Crippen LogP contribution in [0.25, 0.3) is 11.4 Å². The van der Waals surface area contributed by atoms with E-state index in [2.05, 4.69) is 25.3 Å². The SMILES string of the molecule is Cc1nc(-c2ccc(N3CCN(C(=O)NC(C)(C)C)CC3)nc2)no1. The standard InChI is InChI=1S/C17H24N6O2/c1-12-19-15(21-25-12)13-5-6-14(18-11-13)22-7-9-23(10-8-22)16(24)20-17(2,3)4/h5-6,11H,7-10H2,1-4H3,(H,20,24). The lowest BCUT2D eigenvalue weighted by Crippen LogP contribution is -2.55. The van der Waals surface area contributed by atoms with Gasteiger partial charge in [0, 0.05) is 50.4 Å². The topological polar surface area (TPSA) is 87.4 Å².